The number of benzene rings is 1. The Balaban J connectivity index is 1.58. The Labute approximate surface area is 139 Å². The number of nitrogens with zero attached hydrogens (tertiary/aromatic N) is 3. The van der Waals surface area contributed by atoms with Crippen molar-refractivity contribution in [2.24, 2.45) is 0 Å². The van der Waals surface area contributed by atoms with Crippen molar-refractivity contribution in [3.63, 3.8) is 0 Å². The molecular weight excluding hydrogens is 311 g/mol. The molecule has 1 aromatic carbocycles. The molecule has 0 saturated carbocycles. The van der Waals surface area contributed by atoms with Crippen LogP contribution in [0.2, 0.25) is 0 Å². The van der Waals surface area contributed by atoms with E-state index in [-0.39, 0.29) is 11.5 Å². The maximum atomic E-state index is 13.8. The predicted octanol–water partition coefficient (Wildman–Crippen LogP) is 1.95. The molecule has 1 aromatic heterocycles. The fraction of sp³-hybridized carbons (Fsp3) is 0.412. The molecule has 0 spiro atoms. The molecule has 128 valence electrons. The maximum absolute atomic E-state index is 13.8. The monoisotopic (exact) mass is 332 g/mol. The van der Waals surface area contributed by atoms with Gasteiger partial charge >= 0.3 is 5.97 Å². The molecule has 0 atom stereocenters. The summed E-state index contributed by atoms with van der Waals surface area (Å²) >= 11 is 0. The number of aromatic nitrogens is 2. The standard InChI is InChI=1S/C17H21FN4O2/c18-15-5-2-1-4-13(15)11-21-6-3-7-22(9-8-21)12-14-10-19-20-16(14)17(23)24/h1-2,4-5,10H,3,6-9,11-12H2,(H,19,20)(H,23,24). The van der Waals surface area contributed by atoms with Crippen molar-refractivity contribution < 1.29 is 14.3 Å². The fourth-order valence-corrected chi connectivity index (χ4v) is 3.07. The first-order valence-corrected chi connectivity index (χ1v) is 8.07. The van der Waals surface area contributed by atoms with E-state index in [4.69, 9.17) is 5.11 Å². The molecule has 1 aliphatic heterocycles. The van der Waals surface area contributed by atoms with Crippen molar-refractivity contribution in [2.45, 2.75) is 19.5 Å². The van der Waals surface area contributed by atoms with Crippen molar-refractivity contribution >= 4 is 5.97 Å². The Morgan fingerprint density at radius 2 is 1.79 bits per heavy atom. The highest BCUT2D eigenvalue weighted by Crippen LogP contribution is 2.14. The number of halogens is 1. The van der Waals surface area contributed by atoms with Gasteiger partial charge in [0.2, 0.25) is 0 Å². The van der Waals surface area contributed by atoms with Gasteiger partial charge in [0.1, 0.15) is 11.5 Å². The van der Waals surface area contributed by atoms with Gasteiger partial charge in [-0.05, 0) is 25.6 Å². The summed E-state index contributed by atoms with van der Waals surface area (Å²) < 4.78 is 13.8. The zero-order chi connectivity index (χ0) is 16.9. The molecule has 0 aliphatic carbocycles. The lowest BCUT2D eigenvalue weighted by molar-refractivity contribution is 0.0688. The van der Waals surface area contributed by atoms with E-state index in [1.54, 1.807) is 12.3 Å². The molecule has 24 heavy (non-hydrogen) atoms. The second-order valence-electron chi connectivity index (χ2n) is 6.07. The van der Waals surface area contributed by atoms with Crippen LogP contribution in [-0.4, -0.2) is 57.3 Å². The molecule has 1 aliphatic rings. The van der Waals surface area contributed by atoms with E-state index in [1.807, 2.05) is 12.1 Å². The number of H-pyrrole nitrogens is 1. The molecule has 1 saturated heterocycles. The van der Waals surface area contributed by atoms with Crippen LogP contribution in [0.5, 0.6) is 0 Å². The minimum atomic E-state index is -0.987. The van der Waals surface area contributed by atoms with Crippen molar-refractivity contribution in [3.8, 4) is 0 Å². The largest absolute Gasteiger partial charge is 0.477 e. The molecule has 0 unspecified atom stereocenters. The minimum Gasteiger partial charge on any atom is -0.477 e. The highest BCUT2D eigenvalue weighted by atomic mass is 19.1. The third-order valence-corrected chi connectivity index (χ3v) is 4.36. The first-order chi connectivity index (χ1) is 11.6. The van der Waals surface area contributed by atoms with Crippen LogP contribution in [0.4, 0.5) is 4.39 Å². The van der Waals surface area contributed by atoms with Gasteiger partial charge in [-0.1, -0.05) is 18.2 Å². The number of rotatable bonds is 5. The summed E-state index contributed by atoms with van der Waals surface area (Å²) in [6.45, 7) is 4.60. The van der Waals surface area contributed by atoms with E-state index in [1.165, 1.54) is 6.07 Å². The van der Waals surface area contributed by atoms with Gasteiger partial charge in [-0.3, -0.25) is 14.9 Å². The predicted molar refractivity (Wildman–Crippen MR) is 87.1 cm³/mol. The minimum absolute atomic E-state index is 0.155. The van der Waals surface area contributed by atoms with Crippen LogP contribution < -0.4 is 0 Å². The molecule has 2 heterocycles. The van der Waals surface area contributed by atoms with Crippen molar-refractivity contribution in [1.29, 1.82) is 0 Å². The Bertz CT molecular complexity index is 703. The third-order valence-electron chi connectivity index (χ3n) is 4.36. The number of carboxylic acids is 1. The molecule has 2 aromatic rings. The van der Waals surface area contributed by atoms with Gasteiger partial charge in [0.25, 0.3) is 0 Å². The first kappa shape index (κ1) is 16.6. The van der Waals surface area contributed by atoms with Gasteiger partial charge in [0, 0.05) is 37.3 Å². The fourth-order valence-electron chi connectivity index (χ4n) is 3.07. The van der Waals surface area contributed by atoms with E-state index in [0.717, 1.165) is 32.6 Å². The Hall–Kier alpha value is -2.25. The molecule has 2 N–H and O–H groups in total. The van der Waals surface area contributed by atoms with Crippen LogP contribution in [0.1, 0.15) is 28.0 Å². The van der Waals surface area contributed by atoms with Crippen LogP contribution in [0.3, 0.4) is 0 Å². The molecule has 0 radical (unpaired) electrons. The summed E-state index contributed by atoms with van der Waals surface area (Å²) in [6, 6.07) is 6.87. The van der Waals surface area contributed by atoms with Crippen LogP contribution in [0.25, 0.3) is 0 Å². The van der Waals surface area contributed by atoms with E-state index in [9.17, 15) is 9.18 Å². The van der Waals surface area contributed by atoms with Gasteiger partial charge in [0.05, 0.1) is 6.20 Å². The van der Waals surface area contributed by atoms with Crippen LogP contribution >= 0.6 is 0 Å². The summed E-state index contributed by atoms with van der Waals surface area (Å²) in [5.74, 6) is -1.15. The summed E-state index contributed by atoms with van der Waals surface area (Å²) in [5, 5.41) is 15.5. The Morgan fingerprint density at radius 1 is 1.12 bits per heavy atom. The highest BCUT2D eigenvalue weighted by Gasteiger charge is 2.19. The maximum Gasteiger partial charge on any atom is 0.354 e. The van der Waals surface area contributed by atoms with Crippen LogP contribution in [0, 0.1) is 5.82 Å². The number of hydrogen-bond donors (Lipinski definition) is 2. The SMILES string of the molecule is O=C(O)c1[nH]ncc1CN1CCCN(Cc2ccccc2F)CC1. The average Bonchev–Trinajstić information content (AvgIpc) is 2.91. The lowest BCUT2D eigenvalue weighted by Gasteiger charge is -2.21. The lowest BCUT2D eigenvalue weighted by Crippen LogP contribution is -2.30. The van der Waals surface area contributed by atoms with Crippen molar-refractivity contribution in [1.82, 2.24) is 20.0 Å². The van der Waals surface area contributed by atoms with E-state index in [0.29, 0.717) is 24.2 Å². The van der Waals surface area contributed by atoms with Gasteiger partial charge in [0.15, 0.2) is 0 Å². The summed E-state index contributed by atoms with van der Waals surface area (Å²) in [6.07, 6.45) is 2.54. The number of nitrogens with one attached hydrogen (secondary N) is 1. The molecule has 1 fully saturated rings. The Morgan fingerprint density at radius 3 is 2.46 bits per heavy atom. The van der Waals surface area contributed by atoms with E-state index < -0.39 is 5.97 Å². The van der Waals surface area contributed by atoms with Gasteiger partial charge < -0.3 is 5.11 Å². The molecule has 6 nitrogen and oxygen atoms in total. The van der Waals surface area contributed by atoms with Crippen molar-refractivity contribution in [3.05, 3.63) is 53.1 Å². The second kappa shape index (κ2) is 7.55. The number of aromatic carboxylic acids is 1. The summed E-state index contributed by atoms with van der Waals surface area (Å²) in [4.78, 5) is 15.6. The number of aromatic amines is 1. The topological polar surface area (TPSA) is 72.5 Å². The second-order valence-corrected chi connectivity index (χ2v) is 6.07. The molecule has 7 heteroatoms. The van der Waals surface area contributed by atoms with Crippen molar-refractivity contribution in [2.75, 3.05) is 26.2 Å². The Kier molecular flexibility index (Phi) is 5.22. The van der Waals surface area contributed by atoms with E-state index in [2.05, 4.69) is 20.0 Å². The van der Waals surface area contributed by atoms with Crippen LogP contribution in [-0.2, 0) is 13.1 Å². The quantitative estimate of drug-likeness (QED) is 0.876. The molecule has 0 bridgehead atoms. The summed E-state index contributed by atoms with van der Waals surface area (Å²) in [5.41, 5.74) is 1.57. The normalized spacial score (nSPS) is 16.9. The summed E-state index contributed by atoms with van der Waals surface area (Å²) in [7, 11) is 0. The molecular formula is C17H21FN4O2. The molecule has 3 rings (SSSR count). The zero-order valence-electron chi connectivity index (χ0n) is 13.4. The lowest BCUT2D eigenvalue weighted by atomic mass is 10.2. The number of carbonyl (C=O) groups is 1. The van der Waals surface area contributed by atoms with Gasteiger partial charge in [-0.2, -0.15) is 5.10 Å². The van der Waals surface area contributed by atoms with E-state index >= 15 is 0 Å². The van der Waals surface area contributed by atoms with Crippen LogP contribution in [0.15, 0.2) is 30.5 Å². The van der Waals surface area contributed by atoms with Gasteiger partial charge in [-0.15, -0.1) is 0 Å². The van der Waals surface area contributed by atoms with Gasteiger partial charge in [-0.25, -0.2) is 9.18 Å². The molecule has 0 amide bonds. The number of carboxylic acid groups (broad SMARTS) is 1. The number of hydrogen-bond acceptors (Lipinski definition) is 4. The first-order valence-electron chi connectivity index (χ1n) is 8.07. The average molecular weight is 332 g/mol. The highest BCUT2D eigenvalue weighted by molar-refractivity contribution is 5.86. The zero-order valence-corrected chi connectivity index (χ0v) is 13.4. The third kappa shape index (κ3) is 3.98. The smallest absolute Gasteiger partial charge is 0.354 e.